The summed E-state index contributed by atoms with van der Waals surface area (Å²) < 4.78 is 4.97. The molecule has 1 N–H and O–H groups in total. The van der Waals surface area contributed by atoms with Crippen LogP contribution in [0.3, 0.4) is 0 Å². The molecule has 0 aliphatic heterocycles. The van der Waals surface area contributed by atoms with Crippen LogP contribution in [0.5, 0.6) is 0 Å². The summed E-state index contributed by atoms with van der Waals surface area (Å²) in [5, 5.41) is 2.75. The molecule has 0 aromatic carbocycles. The topological polar surface area (TPSA) is 55.4 Å². The molecule has 1 amide bonds. The Balaban J connectivity index is 2.48. The summed E-state index contributed by atoms with van der Waals surface area (Å²) in [6.45, 7) is 8.92. The number of nitrogens with one attached hydrogen (secondary N) is 1. The molecule has 1 saturated carbocycles. The van der Waals surface area contributed by atoms with Gasteiger partial charge in [-0.25, -0.2) is 0 Å². The first-order chi connectivity index (χ1) is 9.45. The minimum absolute atomic E-state index is 0.00543. The van der Waals surface area contributed by atoms with Crippen molar-refractivity contribution in [3.63, 3.8) is 0 Å². The first-order valence-electron chi connectivity index (χ1n) is 7.89. The number of carbonyl (C=O) groups excluding carboxylic acids is 2. The average Bonchev–Trinajstić information content (AvgIpc) is 2.41. The lowest BCUT2D eigenvalue weighted by molar-refractivity contribution is -0.144. The fourth-order valence-corrected chi connectivity index (χ4v) is 3.06. The van der Waals surface area contributed by atoms with Gasteiger partial charge in [0, 0.05) is 5.92 Å². The van der Waals surface area contributed by atoms with Crippen molar-refractivity contribution in [3.05, 3.63) is 0 Å². The number of rotatable bonds is 6. The molecular formula is C16H29NO3. The second-order valence-electron chi connectivity index (χ2n) is 6.37. The maximum atomic E-state index is 12.3. The van der Waals surface area contributed by atoms with E-state index in [1.807, 2.05) is 6.92 Å². The van der Waals surface area contributed by atoms with Crippen LogP contribution < -0.4 is 5.32 Å². The minimum atomic E-state index is -0.342. The highest BCUT2D eigenvalue weighted by Crippen LogP contribution is 2.37. The number of esters is 1. The molecule has 1 fully saturated rings. The highest BCUT2D eigenvalue weighted by atomic mass is 16.5. The molecule has 3 atom stereocenters. The summed E-state index contributed by atoms with van der Waals surface area (Å²) in [6.07, 6.45) is 4.04. The fourth-order valence-electron chi connectivity index (χ4n) is 3.06. The summed E-state index contributed by atoms with van der Waals surface area (Å²) >= 11 is 0. The highest BCUT2D eigenvalue weighted by Gasteiger charge is 2.35. The van der Waals surface area contributed by atoms with Crippen LogP contribution in [0.25, 0.3) is 0 Å². The lowest BCUT2D eigenvalue weighted by atomic mass is 9.70. The third-order valence-corrected chi connectivity index (χ3v) is 4.23. The monoisotopic (exact) mass is 283 g/mol. The zero-order valence-electron chi connectivity index (χ0n) is 13.3. The van der Waals surface area contributed by atoms with E-state index in [0.29, 0.717) is 24.4 Å². The first kappa shape index (κ1) is 17.0. The Labute approximate surface area is 122 Å². The normalized spacial score (nSPS) is 26.4. The van der Waals surface area contributed by atoms with Crippen molar-refractivity contribution in [1.29, 1.82) is 0 Å². The predicted molar refractivity (Wildman–Crippen MR) is 79.1 cm³/mol. The summed E-state index contributed by atoms with van der Waals surface area (Å²) in [5.41, 5.74) is 0. The van der Waals surface area contributed by atoms with Crippen LogP contribution in [0, 0.1) is 23.7 Å². The molecule has 0 bridgehead atoms. The van der Waals surface area contributed by atoms with Crippen LogP contribution in [0.1, 0.15) is 53.4 Å². The molecule has 0 aromatic heterocycles. The molecule has 0 spiro atoms. The fraction of sp³-hybridized carbons (Fsp3) is 0.875. The molecule has 0 radical (unpaired) electrons. The Kier molecular flexibility index (Phi) is 7.03. The lowest BCUT2D eigenvalue weighted by Gasteiger charge is -2.36. The Morgan fingerprint density at radius 1 is 1.30 bits per heavy atom. The smallest absolute Gasteiger partial charge is 0.325 e. The van der Waals surface area contributed by atoms with Crippen molar-refractivity contribution in [1.82, 2.24) is 5.32 Å². The van der Waals surface area contributed by atoms with Crippen LogP contribution in [-0.4, -0.2) is 25.0 Å². The number of ether oxygens (including phenoxy) is 1. The van der Waals surface area contributed by atoms with Crippen molar-refractivity contribution in [2.75, 3.05) is 13.2 Å². The number of hydrogen-bond acceptors (Lipinski definition) is 3. The van der Waals surface area contributed by atoms with Gasteiger partial charge in [-0.05, 0) is 37.0 Å². The van der Waals surface area contributed by atoms with E-state index in [2.05, 4.69) is 26.1 Å². The van der Waals surface area contributed by atoms with Crippen LogP contribution in [0.2, 0.25) is 0 Å². The molecular weight excluding hydrogens is 254 g/mol. The Morgan fingerprint density at radius 3 is 2.60 bits per heavy atom. The highest BCUT2D eigenvalue weighted by molar-refractivity contribution is 5.83. The molecule has 0 saturated heterocycles. The molecule has 20 heavy (non-hydrogen) atoms. The van der Waals surface area contributed by atoms with Crippen molar-refractivity contribution < 1.29 is 14.3 Å². The maximum absolute atomic E-state index is 12.3. The van der Waals surface area contributed by atoms with E-state index in [1.165, 1.54) is 6.42 Å². The van der Waals surface area contributed by atoms with E-state index in [1.54, 1.807) is 0 Å². The zero-order valence-corrected chi connectivity index (χ0v) is 13.3. The van der Waals surface area contributed by atoms with E-state index in [0.717, 1.165) is 19.3 Å². The predicted octanol–water partition coefficient (Wildman–Crippen LogP) is 2.76. The molecule has 116 valence electrons. The van der Waals surface area contributed by atoms with Gasteiger partial charge in [-0.3, -0.25) is 9.59 Å². The Hall–Kier alpha value is -1.06. The van der Waals surface area contributed by atoms with Gasteiger partial charge in [0.15, 0.2) is 0 Å². The average molecular weight is 283 g/mol. The largest absolute Gasteiger partial charge is 0.464 e. The van der Waals surface area contributed by atoms with Crippen molar-refractivity contribution in [2.45, 2.75) is 53.4 Å². The Bertz CT molecular complexity index is 328. The van der Waals surface area contributed by atoms with Gasteiger partial charge in [0.2, 0.25) is 5.91 Å². The summed E-state index contributed by atoms with van der Waals surface area (Å²) in [5.74, 6) is 1.24. The molecule has 0 heterocycles. The maximum Gasteiger partial charge on any atom is 0.325 e. The summed E-state index contributed by atoms with van der Waals surface area (Å²) in [7, 11) is 0. The van der Waals surface area contributed by atoms with Gasteiger partial charge in [-0.15, -0.1) is 0 Å². The van der Waals surface area contributed by atoms with Crippen molar-refractivity contribution >= 4 is 11.9 Å². The van der Waals surface area contributed by atoms with Crippen molar-refractivity contribution in [3.8, 4) is 0 Å². The lowest BCUT2D eigenvalue weighted by Crippen LogP contribution is -2.42. The van der Waals surface area contributed by atoms with Gasteiger partial charge in [-0.1, -0.05) is 34.1 Å². The van der Waals surface area contributed by atoms with Gasteiger partial charge in [0.25, 0.3) is 0 Å². The number of amides is 1. The van der Waals surface area contributed by atoms with E-state index in [9.17, 15) is 9.59 Å². The van der Waals surface area contributed by atoms with Crippen molar-refractivity contribution in [2.24, 2.45) is 23.7 Å². The van der Waals surface area contributed by atoms with Gasteiger partial charge < -0.3 is 10.1 Å². The molecule has 1 aliphatic carbocycles. The zero-order chi connectivity index (χ0) is 15.1. The van der Waals surface area contributed by atoms with Gasteiger partial charge in [0.05, 0.1) is 6.61 Å². The van der Waals surface area contributed by atoms with Crippen LogP contribution in [0.4, 0.5) is 0 Å². The second kappa shape index (κ2) is 8.28. The molecule has 4 heteroatoms. The Morgan fingerprint density at radius 2 is 2.00 bits per heavy atom. The van der Waals surface area contributed by atoms with Gasteiger partial charge in [-0.2, -0.15) is 0 Å². The number of carbonyl (C=O) groups is 2. The second-order valence-corrected chi connectivity index (χ2v) is 6.37. The third-order valence-electron chi connectivity index (χ3n) is 4.23. The van der Waals surface area contributed by atoms with Crippen LogP contribution in [0.15, 0.2) is 0 Å². The van der Waals surface area contributed by atoms with Gasteiger partial charge >= 0.3 is 5.97 Å². The SMILES string of the molecule is CCCOC(=O)CNC(=O)C1CC(C)CC[C@H]1C(C)C. The summed E-state index contributed by atoms with van der Waals surface area (Å²) in [4.78, 5) is 23.7. The van der Waals surface area contributed by atoms with E-state index in [4.69, 9.17) is 4.74 Å². The molecule has 2 unspecified atom stereocenters. The number of hydrogen-bond donors (Lipinski definition) is 1. The molecule has 4 nitrogen and oxygen atoms in total. The summed E-state index contributed by atoms with van der Waals surface area (Å²) in [6, 6.07) is 0. The standard InChI is InChI=1S/C16H29NO3/c1-5-8-20-15(18)10-17-16(19)14-9-12(4)6-7-13(14)11(2)3/h11-14H,5-10H2,1-4H3,(H,17,19)/t12?,13-,14?/m0/s1. The van der Waals surface area contributed by atoms with Crippen LogP contribution >= 0.6 is 0 Å². The van der Waals surface area contributed by atoms with E-state index < -0.39 is 0 Å². The van der Waals surface area contributed by atoms with E-state index in [-0.39, 0.29) is 24.3 Å². The van der Waals surface area contributed by atoms with Gasteiger partial charge in [0.1, 0.15) is 6.54 Å². The minimum Gasteiger partial charge on any atom is -0.464 e. The molecule has 1 rings (SSSR count). The quantitative estimate of drug-likeness (QED) is 0.763. The third kappa shape index (κ3) is 5.14. The first-order valence-corrected chi connectivity index (χ1v) is 7.89. The van der Waals surface area contributed by atoms with Crippen LogP contribution in [-0.2, 0) is 14.3 Å². The van der Waals surface area contributed by atoms with E-state index >= 15 is 0 Å². The molecule has 0 aromatic rings. The molecule has 1 aliphatic rings.